The Kier molecular flexibility index (Phi) is 4.82. The molecule has 0 radical (unpaired) electrons. The molecule has 2 unspecified atom stereocenters. The molecule has 1 aliphatic rings. The Morgan fingerprint density at radius 2 is 2.00 bits per heavy atom. The van der Waals surface area contributed by atoms with Crippen molar-refractivity contribution >= 4 is 21.9 Å². The Balaban J connectivity index is 2.24. The van der Waals surface area contributed by atoms with Crippen LogP contribution < -0.4 is 4.74 Å². The van der Waals surface area contributed by atoms with E-state index in [1.54, 1.807) is 12.1 Å². The summed E-state index contributed by atoms with van der Waals surface area (Å²) in [5.74, 6) is -0.722. The van der Waals surface area contributed by atoms with Crippen molar-refractivity contribution < 1.29 is 19.7 Å². The van der Waals surface area contributed by atoms with E-state index in [0.717, 1.165) is 25.7 Å². The Labute approximate surface area is 120 Å². The summed E-state index contributed by atoms with van der Waals surface area (Å²) < 4.78 is 6.39. The van der Waals surface area contributed by atoms with E-state index in [1.165, 1.54) is 6.07 Å². The van der Waals surface area contributed by atoms with Gasteiger partial charge in [0.25, 0.3) is 0 Å². The maximum Gasteiger partial charge on any atom is 0.339 e. The summed E-state index contributed by atoms with van der Waals surface area (Å²) in [5.41, 5.74) is 0.117. The van der Waals surface area contributed by atoms with E-state index in [9.17, 15) is 15.0 Å². The van der Waals surface area contributed by atoms with Gasteiger partial charge in [0.05, 0.1) is 10.6 Å². The molecule has 0 amide bonds. The predicted octanol–water partition coefficient (Wildman–Crippen LogP) is 3.22. The fourth-order valence-electron chi connectivity index (χ4n) is 2.34. The first-order valence-corrected chi connectivity index (χ1v) is 7.25. The topological polar surface area (TPSA) is 66.8 Å². The van der Waals surface area contributed by atoms with Gasteiger partial charge in [0.1, 0.15) is 17.4 Å². The third-order valence-corrected chi connectivity index (χ3v) is 4.01. The molecule has 0 spiro atoms. The average Bonchev–Trinajstić information content (AvgIpc) is 2.57. The van der Waals surface area contributed by atoms with E-state index in [4.69, 9.17) is 4.74 Å². The van der Waals surface area contributed by atoms with Crippen molar-refractivity contribution in [1.29, 1.82) is 0 Å². The molecule has 0 bridgehead atoms. The van der Waals surface area contributed by atoms with Crippen LogP contribution in [-0.2, 0) is 0 Å². The summed E-state index contributed by atoms with van der Waals surface area (Å²) >= 11 is 3.31. The number of carboxylic acids is 1. The highest BCUT2D eigenvalue weighted by Crippen LogP contribution is 2.32. The molecule has 2 atom stereocenters. The molecule has 19 heavy (non-hydrogen) atoms. The Hall–Kier alpha value is -1.07. The van der Waals surface area contributed by atoms with Crippen molar-refractivity contribution in [3.63, 3.8) is 0 Å². The van der Waals surface area contributed by atoms with Gasteiger partial charge in [0.2, 0.25) is 0 Å². The van der Waals surface area contributed by atoms with Crippen molar-refractivity contribution in [2.45, 2.75) is 44.3 Å². The second-order valence-electron chi connectivity index (χ2n) is 4.78. The number of carboxylic acid groups (broad SMARTS) is 1. The smallest absolute Gasteiger partial charge is 0.339 e. The summed E-state index contributed by atoms with van der Waals surface area (Å²) in [7, 11) is 0. The van der Waals surface area contributed by atoms with Crippen LogP contribution in [0.3, 0.4) is 0 Å². The van der Waals surface area contributed by atoms with Gasteiger partial charge in [-0.15, -0.1) is 0 Å². The monoisotopic (exact) mass is 328 g/mol. The van der Waals surface area contributed by atoms with E-state index < -0.39 is 12.1 Å². The zero-order valence-corrected chi connectivity index (χ0v) is 12.1. The van der Waals surface area contributed by atoms with Crippen molar-refractivity contribution in [3.05, 3.63) is 28.2 Å². The van der Waals surface area contributed by atoms with Gasteiger partial charge in [0.15, 0.2) is 0 Å². The predicted molar refractivity (Wildman–Crippen MR) is 74.6 cm³/mol. The van der Waals surface area contributed by atoms with Gasteiger partial charge in [-0.3, -0.25) is 0 Å². The van der Waals surface area contributed by atoms with Crippen LogP contribution in [0.2, 0.25) is 0 Å². The summed E-state index contributed by atoms with van der Waals surface area (Å²) in [6.07, 6.45) is 3.66. The minimum atomic E-state index is -1.03. The minimum absolute atomic E-state index is 0.117. The van der Waals surface area contributed by atoms with E-state index >= 15 is 0 Å². The van der Waals surface area contributed by atoms with Gasteiger partial charge in [-0.2, -0.15) is 0 Å². The second kappa shape index (κ2) is 6.39. The van der Waals surface area contributed by atoms with Gasteiger partial charge in [0, 0.05) is 0 Å². The van der Waals surface area contributed by atoms with Gasteiger partial charge >= 0.3 is 5.97 Å². The molecule has 1 fully saturated rings. The van der Waals surface area contributed by atoms with E-state index in [2.05, 4.69) is 15.9 Å². The molecule has 5 heteroatoms. The van der Waals surface area contributed by atoms with Crippen LogP contribution in [0, 0.1) is 0 Å². The van der Waals surface area contributed by atoms with E-state index in [-0.39, 0.29) is 11.7 Å². The highest BCUT2D eigenvalue weighted by atomic mass is 79.9. The average molecular weight is 329 g/mol. The molecule has 104 valence electrons. The highest BCUT2D eigenvalue weighted by Gasteiger charge is 2.26. The highest BCUT2D eigenvalue weighted by molar-refractivity contribution is 9.10. The first-order valence-electron chi connectivity index (χ1n) is 6.46. The van der Waals surface area contributed by atoms with Gasteiger partial charge in [-0.05, 0) is 47.3 Å². The standard InChI is InChI=1S/C14H17BrO4/c15-10-6-4-5-9(14(17)18)13(10)19-12-8-3-1-2-7-11(12)16/h4-6,11-12,16H,1-3,7-8H2,(H,17,18). The van der Waals surface area contributed by atoms with Crippen LogP contribution in [0.4, 0.5) is 0 Å². The number of hydrogen-bond acceptors (Lipinski definition) is 3. The zero-order valence-electron chi connectivity index (χ0n) is 10.5. The lowest BCUT2D eigenvalue weighted by Gasteiger charge is -2.23. The molecule has 1 aliphatic carbocycles. The summed E-state index contributed by atoms with van der Waals surface area (Å²) in [6.45, 7) is 0. The van der Waals surface area contributed by atoms with Crippen LogP contribution in [0.5, 0.6) is 5.75 Å². The van der Waals surface area contributed by atoms with Crippen LogP contribution in [-0.4, -0.2) is 28.4 Å². The normalized spacial score (nSPS) is 23.7. The lowest BCUT2D eigenvalue weighted by atomic mass is 10.1. The number of halogens is 1. The van der Waals surface area contributed by atoms with Crippen LogP contribution in [0.1, 0.15) is 42.5 Å². The number of benzene rings is 1. The molecular formula is C14H17BrO4. The van der Waals surface area contributed by atoms with Crippen molar-refractivity contribution in [3.8, 4) is 5.75 Å². The van der Waals surface area contributed by atoms with Gasteiger partial charge in [-0.25, -0.2) is 4.79 Å². The van der Waals surface area contributed by atoms with Crippen LogP contribution >= 0.6 is 15.9 Å². The Bertz CT molecular complexity index is 461. The number of ether oxygens (including phenoxy) is 1. The molecule has 1 aromatic rings. The second-order valence-corrected chi connectivity index (χ2v) is 5.64. The number of hydrogen-bond donors (Lipinski definition) is 2. The fraction of sp³-hybridized carbons (Fsp3) is 0.500. The fourth-order valence-corrected chi connectivity index (χ4v) is 2.80. The first kappa shape index (κ1) is 14.3. The molecular weight excluding hydrogens is 312 g/mol. The maximum absolute atomic E-state index is 11.2. The summed E-state index contributed by atoms with van der Waals surface area (Å²) in [6, 6.07) is 4.90. The van der Waals surface area contributed by atoms with Gasteiger partial charge in [-0.1, -0.05) is 18.9 Å². The van der Waals surface area contributed by atoms with Crippen molar-refractivity contribution in [2.75, 3.05) is 0 Å². The molecule has 0 heterocycles. The SMILES string of the molecule is O=C(O)c1cccc(Br)c1OC1CCCCCC1O. The Morgan fingerprint density at radius 1 is 1.26 bits per heavy atom. The number of aliphatic hydroxyl groups excluding tert-OH is 1. The third-order valence-electron chi connectivity index (χ3n) is 3.38. The van der Waals surface area contributed by atoms with Gasteiger partial charge < -0.3 is 14.9 Å². The number of para-hydroxylation sites is 1. The molecule has 0 aromatic heterocycles. The first-order chi connectivity index (χ1) is 9.09. The largest absolute Gasteiger partial charge is 0.486 e. The maximum atomic E-state index is 11.2. The van der Waals surface area contributed by atoms with Crippen LogP contribution in [0.15, 0.2) is 22.7 Å². The number of aromatic carboxylic acids is 1. The number of aliphatic hydroxyl groups is 1. The molecule has 2 rings (SSSR count). The number of carbonyl (C=O) groups is 1. The molecule has 0 saturated heterocycles. The lowest BCUT2D eigenvalue weighted by molar-refractivity contribution is 0.0301. The third kappa shape index (κ3) is 3.48. The molecule has 2 N–H and O–H groups in total. The van der Waals surface area contributed by atoms with E-state index in [1.807, 2.05) is 0 Å². The molecule has 0 aliphatic heterocycles. The molecule has 4 nitrogen and oxygen atoms in total. The molecule has 1 aromatic carbocycles. The summed E-state index contributed by atoms with van der Waals surface area (Å²) in [5, 5.41) is 19.2. The number of rotatable bonds is 3. The zero-order chi connectivity index (χ0) is 13.8. The lowest BCUT2D eigenvalue weighted by Crippen LogP contribution is -2.31. The van der Waals surface area contributed by atoms with E-state index in [0.29, 0.717) is 16.6 Å². The molecule has 1 saturated carbocycles. The Morgan fingerprint density at radius 3 is 2.74 bits per heavy atom. The van der Waals surface area contributed by atoms with Crippen molar-refractivity contribution in [1.82, 2.24) is 0 Å². The summed E-state index contributed by atoms with van der Waals surface area (Å²) in [4.78, 5) is 11.2. The quantitative estimate of drug-likeness (QED) is 0.836. The van der Waals surface area contributed by atoms with Crippen LogP contribution in [0.25, 0.3) is 0 Å². The minimum Gasteiger partial charge on any atom is -0.486 e. The van der Waals surface area contributed by atoms with Crippen molar-refractivity contribution in [2.24, 2.45) is 0 Å².